The number of phenols is 2. The lowest BCUT2D eigenvalue weighted by Crippen LogP contribution is -2.26. The van der Waals surface area contributed by atoms with Gasteiger partial charge in [0.05, 0.1) is 11.1 Å². The van der Waals surface area contributed by atoms with E-state index in [-0.39, 0.29) is 59.0 Å². The molecule has 0 fully saturated rings. The van der Waals surface area contributed by atoms with Crippen LogP contribution in [0.5, 0.6) is 34.5 Å². The zero-order valence-corrected chi connectivity index (χ0v) is 55.1. The number of carbonyl (C=O) groups excluding carboxylic acids is 6. The largest absolute Gasteiger partial charge is 0.506 e. The summed E-state index contributed by atoms with van der Waals surface area (Å²) < 4.78 is 23.1. The average molecular weight is 1290 g/mol. The number of rotatable bonds is 40. The van der Waals surface area contributed by atoms with Crippen molar-refractivity contribution in [1.82, 2.24) is 10.6 Å². The molecule has 16 heteroatoms. The smallest absolute Gasteiger partial charge is 0.349 e. The van der Waals surface area contributed by atoms with Gasteiger partial charge in [0.1, 0.15) is 34.5 Å². The summed E-state index contributed by atoms with van der Waals surface area (Å²) in [7, 11) is 0. The predicted molar refractivity (Wildman–Crippen MR) is 375 cm³/mol. The summed E-state index contributed by atoms with van der Waals surface area (Å²) >= 11 is 0. The van der Waals surface area contributed by atoms with Gasteiger partial charge in [-0.15, -0.1) is 0 Å². The first kappa shape index (κ1) is 71.2. The number of phenolic OH excluding ortho intramolecular Hbond substituents is 2. The lowest BCUT2D eigenvalue weighted by Gasteiger charge is -2.14. The van der Waals surface area contributed by atoms with E-state index in [1.807, 2.05) is 72.8 Å². The van der Waals surface area contributed by atoms with Crippen LogP contribution in [0.4, 0.5) is 11.4 Å². The molecule has 0 saturated heterocycles. The number of unbranched alkanes of at least 4 members (excludes halogenated alkanes) is 16. The second kappa shape index (κ2) is 38.5. The lowest BCUT2D eigenvalue weighted by atomic mass is 10.0. The Bertz CT molecular complexity index is 3530. The maximum absolute atomic E-state index is 13.5. The monoisotopic (exact) mass is 1290 g/mol. The van der Waals surface area contributed by atoms with Gasteiger partial charge in [-0.25, -0.2) is 9.59 Å². The van der Waals surface area contributed by atoms with Gasteiger partial charge in [-0.3, -0.25) is 19.2 Å². The Balaban J connectivity index is 0.739. The van der Waals surface area contributed by atoms with Crippen LogP contribution in [-0.4, -0.2) is 72.1 Å². The van der Waals surface area contributed by atoms with Crippen LogP contribution in [0.1, 0.15) is 185 Å². The van der Waals surface area contributed by atoms with Crippen molar-refractivity contribution in [2.75, 3.05) is 36.9 Å². The quantitative estimate of drug-likeness (QED) is 0.0120. The first-order valence-electron chi connectivity index (χ1n) is 34.0. The van der Waals surface area contributed by atoms with Gasteiger partial charge in [-0.05, 0) is 115 Å². The number of carbonyl (C=O) groups is 6. The zero-order valence-electron chi connectivity index (χ0n) is 55.1. The van der Waals surface area contributed by atoms with E-state index in [0.29, 0.717) is 65.1 Å². The number of benzene rings is 8. The van der Waals surface area contributed by atoms with Crippen LogP contribution in [-0.2, 0) is 38.4 Å². The minimum absolute atomic E-state index is 0.00229. The Morgan fingerprint density at radius 1 is 0.379 bits per heavy atom. The molecule has 0 heterocycles. The number of fused-ring (bicyclic) bond motifs is 2. The second-order valence-corrected chi connectivity index (χ2v) is 24.3. The molecule has 16 nitrogen and oxygen atoms in total. The summed E-state index contributed by atoms with van der Waals surface area (Å²) in [5.41, 5.74) is 5.17. The maximum atomic E-state index is 13.5. The molecule has 500 valence electrons. The fourth-order valence-corrected chi connectivity index (χ4v) is 11.4. The van der Waals surface area contributed by atoms with Crippen LogP contribution in [0, 0.1) is 0 Å². The van der Waals surface area contributed by atoms with E-state index in [9.17, 15) is 39.0 Å². The summed E-state index contributed by atoms with van der Waals surface area (Å²) in [6.07, 6.45) is 24.0. The third-order valence-corrected chi connectivity index (χ3v) is 16.7. The molecule has 0 radical (unpaired) electrons. The Labute approximate surface area is 558 Å². The number of aromatic hydroxyl groups is 2. The topological polar surface area (TPSA) is 228 Å². The molecule has 0 bridgehead atoms. The van der Waals surface area contributed by atoms with Crippen LogP contribution < -0.4 is 40.2 Å². The minimum atomic E-state index is -0.682. The van der Waals surface area contributed by atoms with Gasteiger partial charge >= 0.3 is 11.9 Å². The summed E-state index contributed by atoms with van der Waals surface area (Å²) in [6.45, 7) is 4.04. The Morgan fingerprint density at radius 3 is 1.06 bits per heavy atom. The Morgan fingerprint density at radius 2 is 0.705 bits per heavy atom. The molecule has 0 unspecified atom stereocenters. The van der Waals surface area contributed by atoms with Gasteiger partial charge in [-0.1, -0.05) is 214 Å². The third kappa shape index (κ3) is 23.4. The van der Waals surface area contributed by atoms with Crippen LogP contribution in [0.3, 0.4) is 0 Å². The van der Waals surface area contributed by atoms with Crippen molar-refractivity contribution in [1.29, 1.82) is 0 Å². The van der Waals surface area contributed by atoms with Crippen molar-refractivity contribution >= 4 is 68.5 Å². The van der Waals surface area contributed by atoms with Crippen molar-refractivity contribution in [3.8, 4) is 34.5 Å². The number of ether oxygens (including phenoxy) is 4. The number of anilines is 2. The van der Waals surface area contributed by atoms with Crippen molar-refractivity contribution < 1.29 is 57.9 Å². The molecule has 0 aromatic heterocycles. The average Bonchev–Trinajstić information content (AvgIpc) is 0.812. The van der Waals surface area contributed by atoms with E-state index in [4.69, 9.17) is 18.9 Å². The van der Waals surface area contributed by atoms with E-state index in [1.54, 1.807) is 72.8 Å². The number of amides is 4. The normalized spacial score (nSPS) is 11.1. The molecule has 0 saturated carbocycles. The molecule has 0 aliphatic rings. The van der Waals surface area contributed by atoms with Crippen LogP contribution in [0.25, 0.3) is 21.5 Å². The lowest BCUT2D eigenvalue weighted by molar-refractivity contribution is -0.137. The van der Waals surface area contributed by atoms with Crippen molar-refractivity contribution in [3.05, 3.63) is 191 Å². The van der Waals surface area contributed by atoms with Gasteiger partial charge in [0.2, 0.25) is 11.8 Å². The van der Waals surface area contributed by atoms with Crippen LogP contribution in [0.2, 0.25) is 0 Å². The molecule has 6 N–H and O–H groups in total. The molecule has 0 aliphatic carbocycles. The van der Waals surface area contributed by atoms with Gasteiger partial charge < -0.3 is 50.4 Å². The van der Waals surface area contributed by atoms with Gasteiger partial charge in [0.25, 0.3) is 11.8 Å². The van der Waals surface area contributed by atoms with Crippen molar-refractivity contribution in [2.24, 2.45) is 0 Å². The molecule has 95 heavy (non-hydrogen) atoms. The number of hydrogen-bond acceptors (Lipinski definition) is 12. The van der Waals surface area contributed by atoms with E-state index in [2.05, 4.69) is 35.1 Å². The molecule has 4 amide bonds. The van der Waals surface area contributed by atoms with E-state index >= 15 is 0 Å². The third-order valence-electron chi connectivity index (χ3n) is 16.7. The fourth-order valence-electron chi connectivity index (χ4n) is 11.4. The highest BCUT2D eigenvalue weighted by Crippen LogP contribution is 2.38. The highest BCUT2D eigenvalue weighted by Gasteiger charge is 2.22. The van der Waals surface area contributed by atoms with Crippen LogP contribution >= 0.6 is 0 Å². The molecular formula is C79H92N4O12. The standard InChI is InChI=1S/C79H92N4O12/c1-3-5-7-9-11-13-15-17-19-29-72(84)82-60-39-31-56(32-40-60)47-49-80-78(90)68-52-70(64-25-21-23-27-66(64)76(68)88)92-54-74(86)94-62-43-35-58(36-44-62)51-59-37-45-63(46-38-59)95-75(87)55-93-71-53-69(77(89)67-28-24-22-26-65(67)71)79(91)81-50-48-57-33-41-61(42-34-57)83-73(85)30-20-18-16-14-12-10-8-6-4-2/h21-28,31-46,52-53,88-89H,3-20,29-30,47-51,54-55H2,1-2H3,(H,80,90)(H,81,91)(H,82,84)(H,83,85). The molecule has 8 aromatic rings. The highest BCUT2D eigenvalue weighted by atomic mass is 16.6. The summed E-state index contributed by atoms with van der Waals surface area (Å²) in [6, 6.07) is 45.7. The van der Waals surface area contributed by atoms with Crippen molar-refractivity contribution in [3.63, 3.8) is 0 Å². The first-order valence-corrected chi connectivity index (χ1v) is 34.0. The molecule has 0 aliphatic heterocycles. The second-order valence-electron chi connectivity index (χ2n) is 24.3. The van der Waals surface area contributed by atoms with E-state index in [0.717, 1.165) is 72.2 Å². The van der Waals surface area contributed by atoms with Crippen LogP contribution in [0.15, 0.2) is 158 Å². The predicted octanol–water partition coefficient (Wildman–Crippen LogP) is 16.6. The Hall–Kier alpha value is -9.70. The number of esters is 2. The SMILES string of the molecule is CCCCCCCCCCCC(=O)Nc1ccc(CCNC(=O)c2cc(OCC(=O)Oc3ccc(Cc4ccc(OC(=O)COc5cc(C(=O)NCCc6ccc(NC(=O)CCCCCCCCCCC)cc6)c(O)c6ccccc56)cc4)cc3)c3ccccc3c2O)cc1. The minimum Gasteiger partial charge on any atom is -0.506 e. The molecule has 0 atom stereocenters. The van der Waals surface area contributed by atoms with Gasteiger partial charge in [-0.2, -0.15) is 0 Å². The van der Waals surface area contributed by atoms with Gasteiger partial charge in [0, 0.05) is 58.9 Å². The van der Waals surface area contributed by atoms with Crippen molar-refractivity contribution in [2.45, 2.75) is 162 Å². The molecule has 0 spiro atoms. The summed E-state index contributed by atoms with van der Waals surface area (Å²) in [5, 5.41) is 35.9. The zero-order chi connectivity index (χ0) is 67.0. The Kier molecular flexibility index (Phi) is 28.8. The highest BCUT2D eigenvalue weighted by molar-refractivity contribution is 6.07. The fraction of sp³-hybridized carbons (Fsp3) is 0.367. The van der Waals surface area contributed by atoms with E-state index < -0.39 is 37.0 Å². The summed E-state index contributed by atoms with van der Waals surface area (Å²) in [5.74, 6) is -1.80. The molecule has 8 aromatic carbocycles. The first-order chi connectivity index (χ1) is 46.3. The maximum Gasteiger partial charge on any atom is 0.349 e. The molecular weight excluding hydrogens is 1200 g/mol. The molecule has 8 rings (SSSR count). The van der Waals surface area contributed by atoms with Gasteiger partial charge in [0.15, 0.2) is 13.2 Å². The number of nitrogens with one attached hydrogen (secondary N) is 4. The number of hydrogen-bond donors (Lipinski definition) is 6. The summed E-state index contributed by atoms with van der Waals surface area (Å²) in [4.78, 5) is 78.4. The van der Waals surface area contributed by atoms with E-state index in [1.165, 1.54) is 89.2 Å².